The maximum absolute atomic E-state index is 6.02. The van der Waals surface area contributed by atoms with Gasteiger partial charge in [-0.1, -0.05) is 18.2 Å². The van der Waals surface area contributed by atoms with Gasteiger partial charge in [-0.2, -0.15) is 5.10 Å². The Balaban J connectivity index is 2.09. The highest BCUT2D eigenvalue weighted by Crippen LogP contribution is 2.23. The van der Waals surface area contributed by atoms with Crippen molar-refractivity contribution in [3.8, 4) is 0 Å². The van der Waals surface area contributed by atoms with Gasteiger partial charge in [0.25, 0.3) is 0 Å². The fourth-order valence-corrected chi connectivity index (χ4v) is 1.77. The first-order valence-corrected chi connectivity index (χ1v) is 5.59. The third-order valence-electron chi connectivity index (χ3n) is 2.42. The number of aryl methyl sites for hydroxylation is 1. The second-order valence-electron chi connectivity index (χ2n) is 3.66. The summed E-state index contributed by atoms with van der Waals surface area (Å²) in [7, 11) is 0. The van der Waals surface area contributed by atoms with Crippen molar-refractivity contribution in [2.24, 2.45) is 0 Å². The van der Waals surface area contributed by atoms with Crippen LogP contribution in [0.3, 0.4) is 0 Å². The zero-order valence-electron chi connectivity index (χ0n) is 9.52. The predicted molar refractivity (Wildman–Crippen MR) is 69.9 cm³/mol. The molecule has 4 nitrogen and oxygen atoms in total. The number of halogens is 1. The molecule has 0 saturated carbocycles. The Morgan fingerprint density at radius 3 is 3.06 bits per heavy atom. The van der Waals surface area contributed by atoms with E-state index in [9.17, 15) is 0 Å². The lowest BCUT2D eigenvalue weighted by Gasteiger charge is -2.09. The Hall–Kier alpha value is -1.81. The van der Waals surface area contributed by atoms with E-state index in [1.165, 1.54) is 0 Å². The summed E-state index contributed by atoms with van der Waals surface area (Å²) in [5, 5.41) is 7.84. The zero-order chi connectivity index (χ0) is 12.3. The number of rotatable bonds is 4. The molecule has 0 aliphatic heterocycles. The second-order valence-corrected chi connectivity index (χ2v) is 4.02. The predicted octanol–water partition coefficient (Wildman–Crippen LogP) is 2.95. The van der Waals surface area contributed by atoms with Crippen LogP contribution in [0.4, 0.5) is 5.69 Å². The molecule has 0 radical (unpaired) electrons. The SMILES string of the molecule is C=Cn1cc(CNc2c(C)ccnc2Cl)cn1. The van der Waals surface area contributed by atoms with Crippen LogP contribution in [0.1, 0.15) is 11.1 Å². The summed E-state index contributed by atoms with van der Waals surface area (Å²) in [6.45, 7) is 6.28. The van der Waals surface area contributed by atoms with Gasteiger partial charge < -0.3 is 5.32 Å². The first-order chi connectivity index (χ1) is 8.20. The Kier molecular flexibility index (Phi) is 3.44. The van der Waals surface area contributed by atoms with Crippen molar-refractivity contribution in [1.82, 2.24) is 14.8 Å². The van der Waals surface area contributed by atoms with Crippen molar-refractivity contribution >= 4 is 23.5 Å². The Bertz CT molecular complexity index is 513. The van der Waals surface area contributed by atoms with E-state index in [4.69, 9.17) is 11.6 Å². The number of hydrogen-bond donors (Lipinski definition) is 1. The van der Waals surface area contributed by atoms with Crippen molar-refractivity contribution in [3.05, 3.63) is 47.5 Å². The maximum atomic E-state index is 6.02. The van der Waals surface area contributed by atoms with Gasteiger partial charge >= 0.3 is 0 Å². The van der Waals surface area contributed by atoms with Crippen LogP contribution in [0.15, 0.2) is 31.2 Å². The average Bonchev–Trinajstić information content (AvgIpc) is 2.76. The summed E-state index contributed by atoms with van der Waals surface area (Å²) in [6, 6.07) is 1.92. The van der Waals surface area contributed by atoms with E-state index in [1.807, 2.05) is 19.2 Å². The van der Waals surface area contributed by atoms with Gasteiger partial charge in [0.1, 0.15) is 0 Å². The highest BCUT2D eigenvalue weighted by atomic mass is 35.5. The van der Waals surface area contributed by atoms with Gasteiger partial charge in [0.2, 0.25) is 0 Å². The maximum Gasteiger partial charge on any atom is 0.152 e. The monoisotopic (exact) mass is 248 g/mol. The average molecular weight is 249 g/mol. The lowest BCUT2D eigenvalue weighted by molar-refractivity contribution is 0.936. The zero-order valence-corrected chi connectivity index (χ0v) is 10.3. The molecule has 2 heterocycles. The largest absolute Gasteiger partial charge is 0.378 e. The van der Waals surface area contributed by atoms with Gasteiger partial charge in [0.15, 0.2) is 5.15 Å². The van der Waals surface area contributed by atoms with Crippen molar-refractivity contribution in [2.45, 2.75) is 13.5 Å². The van der Waals surface area contributed by atoms with Gasteiger partial charge in [-0.15, -0.1) is 0 Å². The molecule has 0 aromatic carbocycles. The molecule has 0 aliphatic carbocycles. The highest BCUT2D eigenvalue weighted by molar-refractivity contribution is 6.32. The number of hydrogen-bond acceptors (Lipinski definition) is 3. The van der Waals surface area contributed by atoms with Gasteiger partial charge in [-0.05, 0) is 18.6 Å². The first-order valence-electron chi connectivity index (χ1n) is 5.21. The van der Waals surface area contributed by atoms with Crippen LogP contribution < -0.4 is 5.32 Å². The molecule has 0 bridgehead atoms. The van der Waals surface area contributed by atoms with E-state index in [0.29, 0.717) is 11.7 Å². The molecule has 2 aromatic heterocycles. The summed E-state index contributed by atoms with van der Waals surface area (Å²) < 4.78 is 1.66. The van der Waals surface area contributed by atoms with Crippen LogP contribution >= 0.6 is 11.6 Å². The summed E-state index contributed by atoms with van der Waals surface area (Å²) in [6.07, 6.45) is 7.03. The lowest BCUT2D eigenvalue weighted by atomic mass is 10.2. The van der Waals surface area contributed by atoms with E-state index in [1.54, 1.807) is 23.3 Å². The van der Waals surface area contributed by atoms with Gasteiger partial charge in [-0.25, -0.2) is 9.67 Å². The molecular weight excluding hydrogens is 236 g/mol. The molecule has 1 N–H and O–H groups in total. The Labute approximate surface area is 105 Å². The molecule has 0 aliphatic rings. The highest BCUT2D eigenvalue weighted by Gasteiger charge is 2.04. The lowest BCUT2D eigenvalue weighted by Crippen LogP contribution is -2.01. The van der Waals surface area contributed by atoms with E-state index >= 15 is 0 Å². The van der Waals surface area contributed by atoms with Crippen LogP contribution in [0.2, 0.25) is 5.15 Å². The number of nitrogens with zero attached hydrogens (tertiary/aromatic N) is 3. The number of aromatic nitrogens is 3. The van der Waals surface area contributed by atoms with Crippen molar-refractivity contribution in [3.63, 3.8) is 0 Å². The number of pyridine rings is 1. The minimum Gasteiger partial charge on any atom is -0.378 e. The fraction of sp³-hybridized carbons (Fsp3) is 0.167. The summed E-state index contributed by atoms with van der Waals surface area (Å²) in [5.41, 5.74) is 2.99. The van der Waals surface area contributed by atoms with Crippen LogP contribution in [0.5, 0.6) is 0 Å². The molecule has 2 rings (SSSR count). The van der Waals surface area contributed by atoms with Gasteiger partial charge in [0, 0.05) is 30.7 Å². The molecule has 5 heteroatoms. The van der Waals surface area contributed by atoms with Crippen molar-refractivity contribution in [1.29, 1.82) is 0 Å². The fourth-order valence-electron chi connectivity index (χ4n) is 1.50. The molecule has 0 unspecified atom stereocenters. The molecule has 0 spiro atoms. The van der Waals surface area contributed by atoms with Crippen molar-refractivity contribution < 1.29 is 0 Å². The molecular formula is C12H13ClN4. The van der Waals surface area contributed by atoms with Gasteiger partial charge in [-0.3, -0.25) is 0 Å². The molecule has 0 saturated heterocycles. The van der Waals surface area contributed by atoms with E-state index in [0.717, 1.165) is 16.8 Å². The normalized spacial score (nSPS) is 10.2. The van der Waals surface area contributed by atoms with E-state index in [-0.39, 0.29) is 0 Å². The van der Waals surface area contributed by atoms with Crippen LogP contribution in [-0.4, -0.2) is 14.8 Å². The molecule has 88 valence electrons. The van der Waals surface area contributed by atoms with Crippen molar-refractivity contribution in [2.75, 3.05) is 5.32 Å². The van der Waals surface area contributed by atoms with E-state index in [2.05, 4.69) is 22.0 Å². The molecule has 2 aromatic rings. The smallest absolute Gasteiger partial charge is 0.152 e. The first kappa shape index (κ1) is 11.7. The Morgan fingerprint density at radius 2 is 2.41 bits per heavy atom. The summed E-state index contributed by atoms with van der Waals surface area (Å²) >= 11 is 6.02. The molecule has 17 heavy (non-hydrogen) atoms. The minimum absolute atomic E-state index is 0.487. The van der Waals surface area contributed by atoms with Crippen LogP contribution in [-0.2, 0) is 6.54 Å². The second kappa shape index (κ2) is 5.01. The topological polar surface area (TPSA) is 42.7 Å². The minimum atomic E-state index is 0.487. The third kappa shape index (κ3) is 2.65. The quantitative estimate of drug-likeness (QED) is 0.846. The molecule has 0 amide bonds. The summed E-state index contributed by atoms with van der Waals surface area (Å²) in [4.78, 5) is 4.04. The van der Waals surface area contributed by atoms with Gasteiger partial charge in [0.05, 0.1) is 11.9 Å². The van der Waals surface area contributed by atoms with Crippen LogP contribution in [0.25, 0.3) is 6.20 Å². The standard InChI is InChI=1S/C12H13ClN4/c1-3-17-8-10(7-16-17)6-15-11-9(2)4-5-14-12(11)13/h3-5,7-8,15H,1,6H2,2H3. The van der Waals surface area contributed by atoms with E-state index < -0.39 is 0 Å². The molecule has 0 atom stereocenters. The third-order valence-corrected chi connectivity index (χ3v) is 2.71. The Morgan fingerprint density at radius 1 is 1.59 bits per heavy atom. The number of anilines is 1. The van der Waals surface area contributed by atoms with Crippen LogP contribution in [0, 0.1) is 6.92 Å². The molecule has 0 fully saturated rings. The summed E-state index contributed by atoms with van der Waals surface area (Å²) in [5.74, 6) is 0. The number of nitrogens with one attached hydrogen (secondary N) is 1.